The molecule has 4 bridgehead atoms. The number of nitrogens with zero attached hydrogens (tertiary/aromatic N) is 1. The Bertz CT molecular complexity index is 607. The first-order valence-corrected chi connectivity index (χ1v) is 9.66. The molecule has 1 radical (unpaired) electrons. The minimum atomic E-state index is -0.0524. The molecule has 24 heavy (non-hydrogen) atoms. The molecule has 0 aromatic carbocycles. The van der Waals surface area contributed by atoms with Crippen molar-refractivity contribution < 1.29 is 4.79 Å². The van der Waals surface area contributed by atoms with Crippen LogP contribution in [-0.4, -0.2) is 17.4 Å². The number of rotatable bonds is 5. The number of aryl methyl sites for hydroxylation is 1. The molecule has 0 spiro atoms. The fourth-order valence-corrected chi connectivity index (χ4v) is 6.03. The van der Waals surface area contributed by atoms with E-state index in [2.05, 4.69) is 17.2 Å². The predicted molar refractivity (Wildman–Crippen MR) is 95.9 cm³/mol. The van der Waals surface area contributed by atoms with Crippen LogP contribution in [0.2, 0.25) is 5.02 Å². The van der Waals surface area contributed by atoms with Crippen LogP contribution < -0.4 is 5.32 Å². The Morgan fingerprint density at radius 2 is 1.88 bits per heavy atom. The van der Waals surface area contributed by atoms with Crippen LogP contribution >= 0.6 is 11.6 Å². The Labute approximate surface area is 149 Å². The molecule has 3 nitrogen and oxygen atoms in total. The summed E-state index contributed by atoms with van der Waals surface area (Å²) in [7, 11) is 0. The third kappa shape index (κ3) is 3.08. The van der Waals surface area contributed by atoms with E-state index in [9.17, 15) is 4.79 Å². The van der Waals surface area contributed by atoms with Gasteiger partial charge in [-0.1, -0.05) is 18.5 Å². The highest BCUT2D eigenvalue weighted by molar-refractivity contribution is 6.33. The molecule has 1 heterocycles. The summed E-state index contributed by atoms with van der Waals surface area (Å²) in [6.45, 7) is 4.65. The standard InChI is InChI=1S/C20H26ClN2O/c1-2-3-16-7-17(18(21)11-22-16)19(24)23-12-20-8-13-4-14(9-20)6-15(5-13)10-20/h7,11,13-15H,1-6,8-10,12H2,(H,23,24). The van der Waals surface area contributed by atoms with Gasteiger partial charge >= 0.3 is 0 Å². The molecule has 0 aliphatic heterocycles. The van der Waals surface area contributed by atoms with Gasteiger partial charge in [0.05, 0.1) is 10.6 Å². The van der Waals surface area contributed by atoms with Crippen molar-refractivity contribution in [1.29, 1.82) is 0 Å². The summed E-state index contributed by atoms with van der Waals surface area (Å²) >= 11 is 6.21. The second-order valence-corrected chi connectivity index (χ2v) is 8.77. The number of amides is 1. The van der Waals surface area contributed by atoms with Gasteiger partial charge in [0.25, 0.3) is 5.91 Å². The number of pyridine rings is 1. The minimum absolute atomic E-state index is 0.0524. The number of hydrogen-bond donors (Lipinski definition) is 1. The topological polar surface area (TPSA) is 42.0 Å². The first-order valence-electron chi connectivity index (χ1n) is 9.29. The van der Waals surface area contributed by atoms with Crippen LogP contribution in [0.4, 0.5) is 0 Å². The average Bonchev–Trinajstić information content (AvgIpc) is 2.53. The summed E-state index contributed by atoms with van der Waals surface area (Å²) in [5, 5.41) is 3.64. The van der Waals surface area contributed by atoms with E-state index in [0.717, 1.165) is 42.8 Å². The van der Waals surface area contributed by atoms with Crippen LogP contribution in [0.1, 0.15) is 61.0 Å². The highest BCUT2D eigenvalue weighted by Gasteiger charge is 2.50. The molecule has 0 saturated heterocycles. The van der Waals surface area contributed by atoms with Gasteiger partial charge in [-0.05, 0) is 80.6 Å². The summed E-state index contributed by atoms with van der Waals surface area (Å²) < 4.78 is 0. The van der Waals surface area contributed by atoms with Gasteiger partial charge in [-0.15, -0.1) is 0 Å². The van der Waals surface area contributed by atoms with Crippen molar-refractivity contribution in [2.45, 2.75) is 51.4 Å². The highest BCUT2D eigenvalue weighted by atomic mass is 35.5. The normalized spacial score (nSPS) is 33.7. The maximum Gasteiger partial charge on any atom is 0.252 e. The smallest absolute Gasteiger partial charge is 0.252 e. The zero-order chi connectivity index (χ0) is 16.7. The lowest BCUT2D eigenvalue weighted by molar-refractivity contribution is -0.0503. The van der Waals surface area contributed by atoms with Crippen LogP contribution in [0.3, 0.4) is 0 Å². The molecular formula is C20H26ClN2O. The number of carbonyl (C=O) groups excluding carboxylic acids is 1. The maximum atomic E-state index is 12.7. The number of aromatic nitrogens is 1. The summed E-state index contributed by atoms with van der Waals surface area (Å²) in [6.07, 6.45) is 11.3. The van der Waals surface area contributed by atoms with Crippen molar-refractivity contribution in [3.63, 3.8) is 0 Å². The second kappa shape index (κ2) is 6.33. The fourth-order valence-electron chi connectivity index (χ4n) is 5.84. The fraction of sp³-hybridized carbons (Fsp3) is 0.650. The number of halogens is 1. The van der Waals surface area contributed by atoms with E-state index < -0.39 is 0 Å². The van der Waals surface area contributed by atoms with Crippen LogP contribution in [0.25, 0.3) is 0 Å². The molecule has 0 unspecified atom stereocenters. The Hall–Kier alpha value is -1.09. The Balaban J connectivity index is 1.44. The van der Waals surface area contributed by atoms with Crippen LogP contribution in [0.5, 0.6) is 0 Å². The summed E-state index contributed by atoms with van der Waals surface area (Å²) in [5.41, 5.74) is 1.79. The van der Waals surface area contributed by atoms with Gasteiger partial charge in [0.2, 0.25) is 0 Å². The van der Waals surface area contributed by atoms with Crippen molar-refractivity contribution >= 4 is 17.5 Å². The Morgan fingerprint density at radius 1 is 1.25 bits per heavy atom. The SMILES string of the molecule is [CH2]CCc1cc(C(=O)NCC23CC4CC(CC(C4)C2)C3)c(Cl)cn1. The minimum Gasteiger partial charge on any atom is -0.351 e. The van der Waals surface area contributed by atoms with E-state index in [4.69, 9.17) is 11.6 Å². The molecule has 1 N–H and O–H groups in total. The molecular weight excluding hydrogens is 320 g/mol. The van der Waals surface area contributed by atoms with Gasteiger partial charge in [-0.3, -0.25) is 9.78 Å². The van der Waals surface area contributed by atoms with Crippen LogP contribution in [-0.2, 0) is 6.42 Å². The quantitative estimate of drug-likeness (QED) is 0.856. The lowest BCUT2D eigenvalue weighted by Gasteiger charge is -2.56. The third-order valence-electron chi connectivity index (χ3n) is 6.38. The summed E-state index contributed by atoms with van der Waals surface area (Å²) in [4.78, 5) is 16.9. The van der Waals surface area contributed by atoms with Gasteiger partial charge in [0, 0.05) is 18.4 Å². The first-order chi connectivity index (χ1) is 11.6. The lowest BCUT2D eigenvalue weighted by Crippen LogP contribution is -2.51. The zero-order valence-corrected chi connectivity index (χ0v) is 14.9. The predicted octanol–water partition coefficient (Wildman–Crippen LogP) is 4.45. The van der Waals surface area contributed by atoms with Crippen LogP contribution in [0.15, 0.2) is 12.3 Å². The maximum absolute atomic E-state index is 12.7. The molecule has 5 rings (SSSR count). The van der Waals surface area contributed by atoms with E-state index >= 15 is 0 Å². The monoisotopic (exact) mass is 345 g/mol. The Morgan fingerprint density at radius 3 is 2.46 bits per heavy atom. The molecule has 1 amide bonds. The molecule has 4 heteroatoms. The first kappa shape index (κ1) is 16.4. The van der Waals surface area contributed by atoms with Gasteiger partial charge in [-0.25, -0.2) is 0 Å². The molecule has 129 valence electrons. The van der Waals surface area contributed by atoms with Gasteiger partial charge in [-0.2, -0.15) is 0 Å². The largest absolute Gasteiger partial charge is 0.351 e. The third-order valence-corrected chi connectivity index (χ3v) is 6.68. The zero-order valence-electron chi connectivity index (χ0n) is 14.2. The molecule has 4 saturated carbocycles. The van der Waals surface area contributed by atoms with Crippen molar-refractivity contribution in [1.82, 2.24) is 10.3 Å². The highest BCUT2D eigenvalue weighted by Crippen LogP contribution is 2.59. The summed E-state index contributed by atoms with van der Waals surface area (Å²) in [5.74, 6) is 2.66. The second-order valence-electron chi connectivity index (χ2n) is 8.36. The van der Waals surface area contributed by atoms with E-state index in [1.807, 2.05) is 6.07 Å². The number of nitrogens with one attached hydrogen (secondary N) is 1. The van der Waals surface area contributed by atoms with Gasteiger partial charge in [0.15, 0.2) is 0 Å². The summed E-state index contributed by atoms with van der Waals surface area (Å²) in [6, 6.07) is 1.82. The van der Waals surface area contributed by atoms with E-state index in [0.29, 0.717) is 16.0 Å². The molecule has 1 aromatic heterocycles. The van der Waals surface area contributed by atoms with Crippen molar-refractivity contribution in [2.24, 2.45) is 23.2 Å². The molecule has 4 aliphatic rings. The molecule has 0 atom stereocenters. The number of carbonyl (C=O) groups is 1. The lowest BCUT2D eigenvalue weighted by atomic mass is 9.49. The van der Waals surface area contributed by atoms with Crippen LogP contribution in [0, 0.1) is 30.1 Å². The van der Waals surface area contributed by atoms with Gasteiger partial charge < -0.3 is 5.32 Å². The Kier molecular flexibility index (Phi) is 4.32. The van der Waals surface area contributed by atoms with Gasteiger partial charge in [0.1, 0.15) is 0 Å². The molecule has 4 fully saturated rings. The van der Waals surface area contributed by atoms with Crippen molar-refractivity contribution in [3.05, 3.63) is 35.5 Å². The molecule has 1 aromatic rings. The van der Waals surface area contributed by atoms with E-state index in [1.54, 1.807) is 6.20 Å². The molecule has 4 aliphatic carbocycles. The van der Waals surface area contributed by atoms with Crippen molar-refractivity contribution in [2.75, 3.05) is 6.54 Å². The number of hydrogen-bond acceptors (Lipinski definition) is 2. The van der Waals surface area contributed by atoms with E-state index in [-0.39, 0.29) is 5.91 Å². The van der Waals surface area contributed by atoms with E-state index in [1.165, 1.54) is 38.5 Å². The van der Waals surface area contributed by atoms with Crippen molar-refractivity contribution in [3.8, 4) is 0 Å². The average molecular weight is 346 g/mol.